The monoisotopic (exact) mass is 450 g/mol. The number of methoxy groups -OCH3 is 1. The molecule has 3 aromatic rings. The van der Waals surface area contributed by atoms with E-state index in [2.05, 4.69) is 0 Å². The van der Waals surface area contributed by atoms with E-state index in [1.165, 1.54) is 0 Å². The van der Waals surface area contributed by atoms with Crippen LogP contribution in [0.2, 0.25) is 0 Å². The average molecular weight is 450 g/mol. The first kappa shape index (κ1) is 21.0. The summed E-state index contributed by atoms with van der Waals surface area (Å²) in [5, 5.41) is 0. The molecule has 0 aromatic heterocycles. The van der Waals surface area contributed by atoms with Gasteiger partial charge in [-0.25, -0.2) is 4.79 Å². The number of hydrogen-bond donors (Lipinski definition) is 0. The zero-order chi connectivity index (χ0) is 22.8. The second-order valence-corrected chi connectivity index (χ2v) is 7.31. The summed E-state index contributed by atoms with van der Waals surface area (Å²) in [4.78, 5) is 12.7. The van der Waals surface area contributed by atoms with E-state index in [-0.39, 0.29) is 27.0 Å². The SMILES string of the molecule is CCOC(=O)c1cc(-c2ccc3c(c2)OCO3)c(OCOC)c(-c2ccc3c(c2)OCO3)c1. The van der Waals surface area contributed by atoms with E-state index < -0.39 is 5.97 Å². The van der Waals surface area contributed by atoms with Gasteiger partial charge < -0.3 is 33.2 Å². The third-order valence-electron chi connectivity index (χ3n) is 5.29. The fourth-order valence-corrected chi connectivity index (χ4v) is 3.79. The van der Waals surface area contributed by atoms with Crippen LogP contribution in [0.5, 0.6) is 28.7 Å². The van der Waals surface area contributed by atoms with E-state index in [0.29, 0.717) is 45.4 Å². The number of ether oxygens (including phenoxy) is 7. The van der Waals surface area contributed by atoms with Gasteiger partial charge in [-0.05, 0) is 54.4 Å². The molecule has 2 aliphatic heterocycles. The van der Waals surface area contributed by atoms with Crippen LogP contribution in [-0.4, -0.2) is 40.1 Å². The highest BCUT2D eigenvalue weighted by Crippen LogP contribution is 2.45. The van der Waals surface area contributed by atoms with Crippen LogP contribution < -0.4 is 23.7 Å². The summed E-state index contributed by atoms with van der Waals surface area (Å²) in [6.07, 6.45) is 0. The minimum absolute atomic E-state index is 0.0217. The summed E-state index contributed by atoms with van der Waals surface area (Å²) in [5.41, 5.74) is 3.34. The number of fused-ring (bicyclic) bond motifs is 2. The van der Waals surface area contributed by atoms with Gasteiger partial charge in [-0.2, -0.15) is 0 Å². The molecule has 0 unspecified atom stereocenters. The van der Waals surface area contributed by atoms with Crippen LogP contribution in [0.3, 0.4) is 0 Å². The van der Waals surface area contributed by atoms with Crippen molar-refractivity contribution in [2.45, 2.75) is 6.92 Å². The fourth-order valence-electron chi connectivity index (χ4n) is 3.79. The number of benzene rings is 3. The van der Waals surface area contributed by atoms with Gasteiger partial charge in [-0.3, -0.25) is 0 Å². The van der Waals surface area contributed by atoms with Crippen LogP contribution in [0, 0.1) is 0 Å². The van der Waals surface area contributed by atoms with Crippen molar-refractivity contribution >= 4 is 5.97 Å². The van der Waals surface area contributed by atoms with Gasteiger partial charge in [0, 0.05) is 18.2 Å². The van der Waals surface area contributed by atoms with Gasteiger partial charge in [0.15, 0.2) is 29.8 Å². The lowest BCUT2D eigenvalue weighted by molar-refractivity contribution is 0.0515. The van der Waals surface area contributed by atoms with Crippen molar-refractivity contribution in [1.29, 1.82) is 0 Å². The van der Waals surface area contributed by atoms with Crippen LogP contribution in [0.25, 0.3) is 22.3 Å². The molecule has 0 aliphatic carbocycles. The lowest BCUT2D eigenvalue weighted by atomic mass is 9.94. The molecule has 0 saturated heterocycles. The Hall–Kier alpha value is -3.91. The first-order valence-electron chi connectivity index (χ1n) is 10.4. The maximum atomic E-state index is 12.7. The summed E-state index contributed by atoms with van der Waals surface area (Å²) in [7, 11) is 1.55. The number of carbonyl (C=O) groups is 1. The van der Waals surface area contributed by atoms with Gasteiger partial charge in [0.05, 0.1) is 12.2 Å². The van der Waals surface area contributed by atoms with Crippen LogP contribution in [0.4, 0.5) is 0 Å². The lowest BCUT2D eigenvalue weighted by Crippen LogP contribution is -2.08. The molecule has 0 atom stereocenters. The van der Waals surface area contributed by atoms with Crippen molar-refractivity contribution in [3.63, 3.8) is 0 Å². The molecule has 170 valence electrons. The molecule has 0 bridgehead atoms. The zero-order valence-electron chi connectivity index (χ0n) is 18.2. The highest BCUT2D eigenvalue weighted by molar-refractivity contribution is 5.96. The summed E-state index contributed by atoms with van der Waals surface area (Å²) in [6.45, 7) is 2.38. The van der Waals surface area contributed by atoms with Gasteiger partial charge in [-0.1, -0.05) is 12.1 Å². The van der Waals surface area contributed by atoms with Gasteiger partial charge in [0.1, 0.15) is 5.75 Å². The van der Waals surface area contributed by atoms with Crippen LogP contribution in [-0.2, 0) is 9.47 Å². The highest BCUT2D eigenvalue weighted by Gasteiger charge is 2.23. The third-order valence-corrected chi connectivity index (χ3v) is 5.29. The Morgan fingerprint density at radius 2 is 1.36 bits per heavy atom. The molecule has 2 heterocycles. The predicted octanol–water partition coefficient (Wildman–Crippen LogP) is 4.64. The summed E-state index contributed by atoms with van der Waals surface area (Å²) in [5.74, 6) is 2.68. The molecule has 8 nitrogen and oxygen atoms in total. The quantitative estimate of drug-likeness (QED) is 0.381. The Bertz CT molecular complexity index is 1120. The molecule has 33 heavy (non-hydrogen) atoms. The van der Waals surface area contributed by atoms with E-state index in [1.807, 2.05) is 36.4 Å². The lowest BCUT2D eigenvalue weighted by Gasteiger charge is -2.18. The molecular formula is C25H22O8. The molecule has 0 saturated carbocycles. The molecule has 3 aromatic carbocycles. The Labute approximate surface area is 190 Å². The van der Waals surface area contributed by atoms with E-state index in [4.69, 9.17) is 33.2 Å². The molecule has 8 heteroatoms. The van der Waals surface area contributed by atoms with Crippen LogP contribution in [0.1, 0.15) is 17.3 Å². The standard InChI is InChI=1S/C25H22O8/c1-3-28-25(26)17-8-18(15-4-6-20-22(10-15)31-13-29-20)24(33-12-27-2)19(9-17)16-5-7-21-23(11-16)32-14-30-21/h4-11H,3,12-14H2,1-2H3. The molecule has 0 radical (unpaired) electrons. The second kappa shape index (κ2) is 8.91. The maximum Gasteiger partial charge on any atom is 0.338 e. The highest BCUT2D eigenvalue weighted by atomic mass is 16.7. The molecule has 0 amide bonds. The Morgan fingerprint density at radius 1 is 0.818 bits per heavy atom. The molecule has 0 N–H and O–H groups in total. The smallest absolute Gasteiger partial charge is 0.338 e. The Morgan fingerprint density at radius 3 is 1.88 bits per heavy atom. The molecule has 0 fully saturated rings. The maximum absolute atomic E-state index is 12.7. The largest absolute Gasteiger partial charge is 0.466 e. The first-order valence-corrected chi connectivity index (χ1v) is 10.4. The summed E-state index contributed by atoms with van der Waals surface area (Å²) < 4.78 is 38.5. The predicted molar refractivity (Wildman–Crippen MR) is 118 cm³/mol. The van der Waals surface area contributed by atoms with E-state index in [1.54, 1.807) is 26.2 Å². The number of rotatable bonds is 7. The summed E-state index contributed by atoms with van der Waals surface area (Å²) >= 11 is 0. The van der Waals surface area contributed by atoms with Crippen molar-refractivity contribution in [1.82, 2.24) is 0 Å². The van der Waals surface area contributed by atoms with Crippen molar-refractivity contribution < 1.29 is 38.0 Å². The van der Waals surface area contributed by atoms with Crippen molar-refractivity contribution in [3.05, 3.63) is 54.1 Å². The zero-order valence-corrected chi connectivity index (χ0v) is 18.2. The van der Waals surface area contributed by atoms with Crippen molar-refractivity contribution in [2.24, 2.45) is 0 Å². The number of esters is 1. The van der Waals surface area contributed by atoms with Gasteiger partial charge >= 0.3 is 5.97 Å². The van der Waals surface area contributed by atoms with Crippen LogP contribution >= 0.6 is 0 Å². The fraction of sp³-hybridized carbons (Fsp3) is 0.240. The van der Waals surface area contributed by atoms with Gasteiger partial charge in [0.25, 0.3) is 0 Å². The van der Waals surface area contributed by atoms with E-state index in [0.717, 1.165) is 11.1 Å². The third kappa shape index (κ3) is 4.01. The van der Waals surface area contributed by atoms with Gasteiger partial charge in [0.2, 0.25) is 13.6 Å². The molecule has 0 spiro atoms. The minimum atomic E-state index is -0.431. The summed E-state index contributed by atoms with van der Waals surface area (Å²) in [6, 6.07) is 14.6. The van der Waals surface area contributed by atoms with Crippen molar-refractivity contribution in [2.75, 3.05) is 34.1 Å². The van der Waals surface area contributed by atoms with Crippen molar-refractivity contribution in [3.8, 4) is 51.0 Å². The average Bonchev–Trinajstić information content (AvgIpc) is 3.50. The molecule has 2 aliphatic rings. The van der Waals surface area contributed by atoms with E-state index in [9.17, 15) is 4.79 Å². The first-order chi connectivity index (χ1) is 16.2. The van der Waals surface area contributed by atoms with Gasteiger partial charge in [-0.15, -0.1) is 0 Å². The molecular weight excluding hydrogens is 428 g/mol. The Kier molecular flexibility index (Phi) is 5.66. The minimum Gasteiger partial charge on any atom is -0.466 e. The topological polar surface area (TPSA) is 81.7 Å². The Balaban J connectivity index is 1.71. The number of hydrogen-bond acceptors (Lipinski definition) is 8. The second-order valence-electron chi connectivity index (χ2n) is 7.31. The van der Waals surface area contributed by atoms with E-state index >= 15 is 0 Å². The normalized spacial score (nSPS) is 13.2. The number of carbonyl (C=O) groups excluding carboxylic acids is 1. The van der Waals surface area contributed by atoms with Crippen LogP contribution in [0.15, 0.2) is 48.5 Å². The molecule has 5 rings (SSSR count).